The third-order valence-electron chi connectivity index (χ3n) is 3.49. The highest BCUT2D eigenvalue weighted by Gasteiger charge is 2.14. The van der Waals surface area contributed by atoms with E-state index >= 15 is 0 Å². The minimum Gasteiger partial charge on any atom is -0.291 e. The summed E-state index contributed by atoms with van der Waals surface area (Å²) in [5.74, 6) is 0.770. The maximum Gasteiger partial charge on any atom is 0.333 e. The third kappa shape index (κ3) is 3.04. The zero-order valence-corrected chi connectivity index (χ0v) is 14.0. The SMILES string of the molecule is Cc1nc(NC(=O)n2ccnc2)sc1-c1cccc(-n2ccnc2)n1. The summed E-state index contributed by atoms with van der Waals surface area (Å²) in [6.45, 7) is 1.89. The van der Waals surface area contributed by atoms with Crippen molar-refractivity contribution in [3.8, 4) is 16.4 Å². The standard InChI is InChI=1S/C16H13N7OS/c1-11-14(12-3-2-4-13(20-12)22-7-5-17-9-22)25-15(19-11)21-16(24)23-8-6-18-10-23/h2-10H,1H3,(H,19,21,24). The molecule has 9 heteroatoms. The number of aromatic nitrogens is 6. The molecule has 0 radical (unpaired) electrons. The summed E-state index contributed by atoms with van der Waals surface area (Å²) in [6.07, 6.45) is 9.80. The van der Waals surface area contributed by atoms with Crippen molar-refractivity contribution in [3.63, 3.8) is 0 Å². The lowest BCUT2D eigenvalue weighted by Gasteiger charge is -2.03. The molecule has 0 spiro atoms. The maximum atomic E-state index is 12.1. The molecule has 25 heavy (non-hydrogen) atoms. The third-order valence-corrected chi connectivity index (χ3v) is 4.58. The fourth-order valence-corrected chi connectivity index (χ4v) is 3.24. The molecule has 0 aliphatic rings. The van der Waals surface area contributed by atoms with Crippen LogP contribution >= 0.6 is 11.3 Å². The molecule has 0 bridgehead atoms. The Morgan fingerprint density at radius 3 is 2.72 bits per heavy atom. The molecule has 1 N–H and O–H groups in total. The number of nitrogens with zero attached hydrogens (tertiary/aromatic N) is 6. The number of pyridine rings is 1. The van der Waals surface area contributed by atoms with Crippen molar-refractivity contribution in [3.05, 3.63) is 61.3 Å². The molecule has 0 saturated heterocycles. The molecule has 124 valence electrons. The van der Waals surface area contributed by atoms with E-state index in [1.54, 1.807) is 24.9 Å². The van der Waals surface area contributed by atoms with E-state index in [1.807, 2.05) is 35.9 Å². The van der Waals surface area contributed by atoms with Crippen molar-refractivity contribution >= 4 is 22.5 Å². The molecule has 0 unspecified atom stereocenters. The lowest BCUT2D eigenvalue weighted by atomic mass is 10.2. The van der Waals surface area contributed by atoms with Crippen LogP contribution < -0.4 is 5.32 Å². The van der Waals surface area contributed by atoms with Crippen LogP contribution in [0.2, 0.25) is 0 Å². The Morgan fingerprint density at radius 2 is 1.96 bits per heavy atom. The van der Waals surface area contributed by atoms with Crippen LogP contribution in [0.15, 0.2) is 55.6 Å². The summed E-state index contributed by atoms with van der Waals surface area (Å²) >= 11 is 1.38. The zero-order chi connectivity index (χ0) is 17.2. The van der Waals surface area contributed by atoms with Gasteiger partial charge in [-0.2, -0.15) is 0 Å². The second-order valence-corrected chi connectivity index (χ2v) is 6.18. The van der Waals surface area contributed by atoms with Gasteiger partial charge in [0.1, 0.15) is 18.5 Å². The highest BCUT2D eigenvalue weighted by molar-refractivity contribution is 7.19. The van der Waals surface area contributed by atoms with Crippen molar-refractivity contribution in [1.29, 1.82) is 0 Å². The molecule has 4 heterocycles. The molecule has 1 amide bonds. The zero-order valence-electron chi connectivity index (χ0n) is 13.2. The highest BCUT2D eigenvalue weighted by Crippen LogP contribution is 2.32. The quantitative estimate of drug-likeness (QED) is 0.613. The molecular weight excluding hydrogens is 338 g/mol. The molecule has 0 atom stereocenters. The largest absolute Gasteiger partial charge is 0.333 e. The summed E-state index contributed by atoms with van der Waals surface area (Å²) < 4.78 is 3.19. The van der Waals surface area contributed by atoms with Crippen LogP contribution in [-0.2, 0) is 0 Å². The lowest BCUT2D eigenvalue weighted by Crippen LogP contribution is -2.17. The fraction of sp³-hybridized carbons (Fsp3) is 0.0625. The Morgan fingerprint density at radius 1 is 1.12 bits per heavy atom. The van der Waals surface area contributed by atoms with Gasteiger partial charge < -0.3 is 0 Å². The fourth-order valence-electron chi connectivity index (χ4n) is 2.31. The van der Waals surface area contributed by atoms with Crippen LogP contribution in [-0.4, -0.2) is 35.1 Å². The van der Waals surface area contributed by atoms with Crippen molar-refractivity contribution < 1.29 is 4.79 Å². The van der Waals surface area contributed by atoms with Gasteiger partial charge in [0.25, 0.3) is 0 Å². The Balaban J connectivity index is 1.62. The number of carbonyl (C=O) groups is 1. The summed E-state index contributed by atoms with van der Waals surface area (Å²) in [4.78, 5) is 30.0. The first-order valence-corrected chi connectivity index (χ1v) is 8.25. The Labute approximate surface area is 146 Å². The highest BCUT2D eigenvalue weighted by atomic mass is 32.1. The summed E-state index contributed by atoms with van der Waals surface area (Å²) in [6, 6.07) is 5.45. The van der Waals surface area contributed by atoms with Gasteiger partial charge in [-0.1, -0.05) is 17.4 Å². The van der Waals surface area contributed by atoms with Gasteiger partial charge in [0.05, 0.1) is 16.3 Å². The lowest BCUT2D eigenvalue weighted by molar-refractivity contribution is 0.253. The molecule has 0 aromatic carbocycles. The summed E-state index contributed by atoms with van der Waals surface area (Å²) in [7, 11) is 0. The van der Waals surface area contributed by atoms with Gasteiger partial charge in [0.2, 0.25) is 0 Å². The van der Waals surface area contributed by atoms with E-state index in [0.717, 1.165) is 22.1 Å². The van der Waals surface area contributed by atoms with Crippen molar-refractivity contribution in [2.45, 2.75) is 6.92 Å². The number of rotatable bonds is 3. The van der Waals surface area contributed by atoms with Crippen LogP contribution in [0.3, 0.4) is 0 Å². The number of amides is 1. The van der Waals surface area contributed by atoms with Gasteiger partial charge >= 0.3 is 6.03 Å². The van der Waals surface area contributed by atoms with Crippen molar-refractivity contribution in [2.75, 3.05) is 5.32 Å². The number of anilines is 1. The Bertz CT molecular complexity index is 1010. The van der Waals surface area contributed by atoms with E-state index < -0.39 is 0 Å². The predicted octanol–water partition coefficient (Wildman–Crippen LogP) is 2.98. The molecule has 4 aromatic heterocycles. The first-order valence-electron chi connectivity index (χ1n) is 7.43. The Kier molecular flexibility index (Phi) is 3.82. The van der Waals surface area contributed by atoms with Gasteiger partial charge in [0, 0.05) is 24.8 Å². The second kappa shape index (κ2) is 6.29. The van der Waals surface area contributed by atoms with Crippen LogP contribution in [0.5, 0.6) is 0 Å². The topological polar surface area (TPSA) is 90.5 Å². The molecule has 4 aromatic rings. The minimum absolute atomic E-state index is 0.307. The van der Waals surface area contributed by atoms with E-state index in [9.17, 15) is 4.79 Å². The van der Waals surface area contributed by atoms with E-state index in [0.29, 0.717) is 5.13 Å². The van der Waals surface area contributed by atoms with E-state index in [2.05, 4.69) is 25.3 Å². The maximum absolute atomic E-state index is 12.1. The monoisotopic (exact) mass is 351 g/mol. The van der Waals surface area contributed by atoms with Gasteiger partial charge in [0.15, 0.2) is 5.13 Å². The number of thiazole rings is 1. The normalized spacial score (nSPS) is 10.8. The molecule has 0 fully saturated rings. The van der Waals surface area contributed by atoms with Crippen molar-refractivity contribution in [1.82, 2.24) is 29.1 Å². The molecule has 4 rings (SSSR count). The summed E-state index contributed by atoms with van der Waals surface area (Å²) in [5, 5.41) is 3.28. The molecule has 0 saturated carbocycles. The van der Waals surface area contributed by atoms with Crippen LogP contribution in [0.1, 0.15) is 5.69 Å². The molecule has 8 nitrogen and oxygen atoms in total. The van der Waals surface area contributed by atoms with E-state index in [4.69, 9.17) is 0 Å². The van der Waals surface area contributed by atoms with E-state index in [-0.39, 0.29) is 6.03 Å². The van der Waals surface area contributed by atoms with Gasteiger partial charge in [-0.25, -0.2) is 24.7 Å². The average molecular weight is 351 g/mol. The number of aryl methyl sites for hydroxylation is 1. The van der Waals surface area contributed by atoms with Gasteiger partial charge in [-0.3, -0.25) is 14.5 Å². The molecular formula is C16H13N7OS. The average Bonchev–Trinajstić information content (AvgIpc) is 3.37. The first kappa shape index (κ1) is 15.2. The smallest absolute Gasteiger partial charge is 0.291 e. The number of carbonyl (C=O) groups excluding carboxylic acids is 1. The second-order valence-electron chi connectivity index (χ2n) is 5.18. The molecule has 0 aliphatic carbocycles. The van der Waals surface area contributed by atoms with Crippen molar-refractivity contribution in [2.24, 2.45) is 0 Å². The Hall–Kier alpha value is -3.33. The number of nitrogens with one attached hydrogen (secondary N) is 1. The van der Waals surface area contributed by atoms with Crippen LogP contribution in [0.4, 0.5) is 9.93 Å². The first-order chi connectivity index (χ1) is 12.2. The summed E-state index contributed by atoms with van der Waals surface area (Å²) in [5.41, 5.74) is 1.60. The predicted molar refractivity (Wildman–Crippen MR) is 93.8 cm³/mol. The van der Waals surface area contributed by atoms with E-state index in [1.165, 1.54) is 22.2 Å². The minimum atomic E-state index is -0.307. The number of hydrogen-bond acceptors (Lipinski definition) is 6. The molecule has 0 aliphatic heterocycles. The van der Waals surface area contributed by atoms with Crippen LogP contribution in [0, 0.1) is 6.92 Å². The van der Waals surface area contributed by atoms with Gasteiger partial charge in [-0.15, -0.1) is 0 Å². The number of imidazole rings is 2. The van der Waals surface area contributed by atoms with Crippen LogP contribution in [0.25, 0.3) is 16.4 Å². The van der Waals surface area contributed by atoms with Gasteiger partial charge in [-0.05, 0) is 19.1 Å². The number of hydrogen-bond donors (Lipinski definition) is 1.